The van der Waals surface area contributed by atoms with Crippen LogP contribution in [0, 0.1) is 26.6 Å². The Kier molecular flexibility index (Phi) is 5.98. The molecule has 0 aliphatic carbocycles. The van der Waals surface area contributed by atoms with E-state index in [4.69, 9.17) is 16.1 Å². The summed E-state index contributed by atoms with van der Waals surface area (Å²) in [6, 6.07) is 9.81. The number of para-hydroxylation sites is 1. The molecule has 0 atom stereocenters. The molecule has 1 heterocycles. The lowest BCUT2D eigenvalue weighted by Gasteiger charge is -2.12. The standard InChI is InChI=1S/C21H19ClFN3O3/c1-11-6-4-7-12(2)19(11)25-16(27)10-24-21(28)17-13(3)29-26-20(17)18-14(22)8-5-9-15(18)23/h4-9H,10H2,1-3H3,(H,24,28)(H,25,27). The number of aromatic nitrogens is 1. The van der Waals surface area contributed by atoms with E-state index in [1.165, 1.54) is 25.1 Å². The number of hydrogen-bond donors (Lipinski definition) is 2. The maximum atomic E-state index is 14.3. The Morgan fingerprint density at radius 1 is 1.10 bits per heavy atom. The van der Waals surface area contributed by atoms with Gasteiger partial charge in [-0.2, -0.15) is 0 Å². The van der Waals surface area contributed by atoms with Crippen molar-refractivity contribution in [1.29, 1.82) is 0 Å². The minimum atomic E-state index is -0.632. The summed E-state index contributed by atoms with van der Waals surface area (Å²) in [6.45, 7) is 5.01. The molecule has 2 N–H and O–H groups in total. The van der Waals surface area contributed by atoms with Crippen molar-refractivity contribution in [3.8, 4) is 11.3 Å². The average Bonchev–Trinajstić information content (AvgIpc) is 3.04. The second kappa shape index (κ2) is 8.45. The van der Waals surface area contributed by atoms with Gasteiger partial charge >= 0.3 is 0 Å². The fourth-order valence-corrected chi connectivity index (χ4v) is 3.23. The van der Waals surface area contributed by atoms with Crippen LogP contribution in [0.4, 0.5) is 10.1 Å². The number of carbonyl (C=O) groups is 2. The van der Waals surface area contributed by atoms with Crippen LogP contribution in [-0.4, -0.2) is 23.5 Å². The Hall–Kier alpha value is -3.19. The highest BCUT2D eigenvalue weighted by atomic mass is 35.5. The molecule has 0 aliphatic rings. The molecule has 0 radical (unpaired) electrons. The number of rotatable bonds is 5. The fraction of sp³-hybridized carbons (Fsp3) is 0.190. The average molecular weight is 416 g/mol. The SMILES string of the molecule is Cc1cccc(C)c1NC(=O)CNC(=O)c1c(-c2c(F)cccc2Cl)noc1C. The Balaban J connectivity index is 1.77. The molecule has 2 amide bonds. The first-order chi connectivity index (χ1) is 13.8. The minimum absolute atomic E-state index is 0.0155. The Morgan fingerprint density at radius 3 is 2.41 bits per heavy atom. The second-order valence-electron chi connectivity index (χ2n) is 6.56. The zero-order chi connectivity index (χ0) is 21.1. The number of aryl methyl sites for hydroxylation is 3. The van der Waals surface area contributed by atoms with Gasteiger partial charge < -0.3 is 15.2 Å². The molecule has 3 rings (SSSR count). The maximum absolute atomic E-state index is 14.3. The third-order valence-corrected chi connectivity index (χ3v) is 4.76. The van der Waals surface area contributed by atoms with Gasteiger partial charge in [-0.25, -0.2) is 4.39 Å². The first kappa shape index (κ1) is 20.5. The van der Waals surface area contributed by atoms with Crippen LogP contribution in [0.2, 0.25) is 5.02 Å². The summed E-state index contributed by atoms with van der Waals surface area (Å²) in [4.78, 5) is 25.0. The number of hydrogen-bond acceptors (Lipinski definition) is 4. The quantitative estimate of drug-likeness (QED) is 0.645. The molecular formula is C21H19ClFN3O3. The van der Waals surface area contributed by atoms with Gasteiger partial charge in [0, 0.05) is 5.69 Å². The molecule has 0 unspecified atom stereocenters. The summed E-state index contributed by atoms with van der Waals surface area (Å²) in [5.74, 6) is -1.45. The molecule has 3 aromatic rings. The van der Waals surface area contributed by atoms with Crippen LogP contribution in [0.15, 0.2) is 40.9 Å². The van der Waals surface area contributed by atoms with Crippen LogP contribution in [0.5, 0.6) is 0 Å². The van der Waals surface area contributed by atoms with Crippen LogP contribution >= 0.6 is 11.6 Å². The summed E-state index contributed by atoms with van der Waals surface area (Å²) in [5.41, 5.74) is 2.50. The molecule has 0 saturated heterocycles. The van der Waals surface area contributed by atoms with Gasteiger partial charge in [0.25, 0.3) is 5.91 Å². The van der Waals surface area contributed by atoms with Crippen molar-refractivity contribution in [2.45, 2.75) is 20.8 Å². The summed E-state index contributed by atoms with van der Waals surface area (Å²) < 4.78 is 19.3. The van der Waals surface area contributed by atoms with Crippen molar-refractivity contribution >= 4 is 29.1 Å². The van der Waals surface area contributed by atoms with Crippen LogP contribution in [-0.2, 0) is 4.79 Å². The lowest BCUT2D eigenvalue weighted by Crippen LogP contribution is -2.33. The van der Waals surface area contributed by atoms with Crippen molar-refractivity contribution in [2.24, 2.45) is 0 Å². The van der Waals surface area contributed by atoms with Gasteiger partial charge in [0.2, 0.25) is 5.91 Å². The minimum Gasteiger partial charge on any atom is -0.360 e. The van der Waals surface area contributed by atoms with E-state index in [0.29, 0.717) is 5.69 Å². The Bertz CT molecular complexity index is 1050. The monoisotopic (exact) mass is 415 g/mol. The number of halogens is 2. The highest BCUT2D eigenvalue weighted by Crippen LogP contribution is 2.33. The molecule has 0 bridgehead atoms. The summed E-state index contributed by atoms with van der Waals surface area (Å²) in [6.07, 6.45) is 0. The van der Waals surface area contributed by atoms with E-state index in [1.54, 1.807) is 0 Å². The van der Waals surface area contributed by atoms with Gasteiger partial charge in [0.15, 0.2) is 0 Å². The van der Waals surface area contributed by atoms with Gasteiger partial charge in [-0.15, -0.1) is 0 Å². The lowest BCUT2D eigenvalue weighted by atomic mass is 10.0. The molecule has 6 nitrogen and oxygen atoms in total. The van der Waals surface area contributed by atoms with Crippen LogP contribution in [0.25, 0.3) is 11.3 Å². The van der Waals surface area contributed by atoms with Crippen molar-refractivity contribution in [1.82, 2.24) is 10.5 Å². The molecule has 1 aromatic heterocycles. The third-order valence-electron chi connectivity index (χ3n) is 4.44. The van der Waals surface area contributed by atoms with Crippen molar-refractivity contribution in [2.75, 3.05) is 11.9 Å². The smallest absolute Gasteiger partial charge is 0.257 e. The molecule has 150 valence electrons. The van der Waals surface area contributed by atoms with Crippen LogP contribution < -0.4 is 10.6 Å². The molecule has 0 spiro atoms. The Morgan fingerprint density at radius 2 is 1.76 bits per heavy atom. The van der Waals surface area contributed by atoms with Crippen molar-refractivity contribution < 1.29 is 18.5 Å². The number of carbonyl (C=O) groups excluding carboxylic acids is 2. The number of nitrogens with one attached hydrogen (secondary N) is 2. The van der Waals surface area contributed by atoms with Gasteiger partial charge in [0.05, 0.1) is 17.1 Å². The van der Waals surface area contributed by atoms with Gasteiger partial charge in [0.1, 0.15) is 22.8 Å². The molecule has 0 fully saturated rings. The maximum Gasteiger partial charge on any atom is 0.257 e. The van der Waals surface area contributed by atoms with Gasteiger partial charge in [-0.1, -0.05) is 41.0 Å². The predicted molar refractivity (Wildman–Crippen MR) is 109 cm³/mol. The molecule has 29 heavy (non-hydrogen) atoms. The molecule has 2 aromatic carbocycles. The van der Waals surface area contributed by atoms with Crippen LogP contribution in [0.1, 0.15) is 27.2 Å². The first-order valence-electron chi connectivity index (χ1n) is 8.84. The van der Waals surface area contributed by atoms with E-state index >= 15 is 0 Å². The number of amides is 2. The summed E-state index contributed by atoms with van der Waals surface area (Å²) in [7, 11) is 0. The molecule has 8 heteroatoms. The van der Waals surface area contributed by atoms with E-state index < -0.39 is 17.6 Å². The second-order valence-corrected chi connectivity index (χ2v) is 6.96. The predicted octanol–water partition coefficient (Wildman–Crippen LogP) is 4.43. The van der Waals surface area contributed by atoms with E-state index in [-0.39, 0.29) is 34.1 Å². The number of benzene rings is 2. The topological polar surface area (TPSA) is 84.2 Å². The van der Waals surface area contributed by atoms with Gasteiger partial charge in [-0.3, -0.25) is 9.59 Å². The number of nitrogens with zero attached hydrogens (tertiary/aromatic N) is 1. The lowest BCUT2D eigenvalue weighted by molar-refractivity contribution is -0.115. The van der Waals surface area contributed by atoms with E-state index in [0.717, 1.165) is 11.1 Å². The fourth-order valence-electron chi connectivity index (χ4n) is 2.98. The largest absolute Gasteiger partial charge is 0.360 e. The summed E-state index contributed by atoms with van der Waals surface area (Å²) >= 11 is 6.08. The van der Waals surface area contributed by atoms with E-state index in [9.17, 15) is 14.0 Å². The third kappa shape index (κ3) is 4.30. The Labute approximate surface area is 172 Å². The zero-order valence-corrected chi connectivity index (χ0v) is 16.9. The number of anilines is 1. The van der Waals surface area contributed by atoms with Crippen molar-refractivity contribution in [3.63, 3.8) is 0 Å². The molecule has 0 aliphatic heterocycles. The van der Waals surface area contributed by atoms with Crippen LogP contribution in [0.3, 0.4) is 0 Å². The molecule has 0 saturated carbocycles. The highest BCUT2D eigenvalue weighted by molar-refractivity contribution is 6.33. The molecular weight excluding hydrogens is 397 g/mol. The normalized spacial score (nSPS) is 10.7. The van der Waals surface area contributed by atoms with E-state index in [1.807, 2.05) is 32.0 Å². The van der Waals surface area contributed by atoms with E-state index in [2.05, 4.69) is 15.8 Å². The zero-order valence-electron chi connectivity index (χ0n) is 16.1. The van der Waals surface area contributed by atoms with Gasteiger partial charge in [-0.05, 0) is 44.0 Å². The highest BCUT2D eigenvalue weighted by Gasteiger charge is 2.25. The first-order valence-corrected chi connectivity index (χ1v) is 9.22. The summed E-state index contributed by atoms with van der Waals surface area (Å²) in [5, 5.41) is 9.19. The van der Waals surface area contributed by atoms with Crippen molar-refractivity contribution in [3.05, 3.63) is 69.7 Å².